The van der Waals surface area contributed by atoms with Crippen LogP contribution >= 0.6 is 0 Å². The van der Waals surface area contributed by atoms with Crippen LogP contribution in [0.15, 0.2) is 72.5 Å². The lowest BCUT2D eigenvalue weighted by Crippen LogP contribution is -2.52. The van der Waals surface area contributed by atoms with Crippen LogP contribution in [0, 0.1) is 23.2 Å². The van der Waals surface area contributed by atoms with Gasteiger partial charge in [-0.3, -0.25) is 4.79 Å². The third-order valence-corrected chi connectivity index (χ3v) is 7.17. The zero-order chi connectivity index (χ0) is 18.9. The van der Waals surface area contributed by atoms with Crippen molar-refractivity contribution in [3.8, 4) is 6.07 Å². The van der Waals surface area contributed by atoms with Gasteiger partial charge in [0.25, 0.3) is 5.91 Å². The number of carbonyl (C=O) groups excluding carboxylic acids is 1. The first-order chi connectivity index (χ1) is 13.7. The number of allylic oxidation sites excluding steroid dienone is 3. The molecule has 2 aromatic rings. The molecule has 2 heterocycles. The smallest absolute Gasteiger partial charge is 0.251 e. The van der Waals surface area contributed by atoms with E-state index >= 15 is 0 Å². The minimum absolute atomic E-state index is 0.0889. The Morgan fingerprint density at radius 1 is 1.14 bits per heavy atom. The Kier molecular flexibility index (Phi) is 2.88. The molecular weight excluding hydrogens is 346 g/mol. The molecule has 28 heavy (non-hydrogen) atoms. The van der Waals surface area contributed by atoms with Crippen molar-refractivity contribution >= 4 is 11.6 Å². The Morgan fingerprint density at radius 2 is 1.96 bits per heavy atom. The van der Waals surface area contributed by atoms with E-state index in [0.717, 1.165) is 24.2 Å². The van der Waals surface area contributed by atoms with Crippen LogP contribution in [0.3, 0.4) is 0 Å². The van der Waals surface area contributed by atoms with Crippen LogP contribution in [0.4, 0.5) is 5.69 Å². The zero-order valence-electron chi connectivity index (χ0n) is 15.3. The van der Waals surface area contributed by atoms with Crippen molar-refractivity contribution < 1.29 is 4.79 Å². The zero-order valence-corrected chi connectivity index (χ0v) is 15.3. The molecule has 2 N–H and O–H groups in total. The molecule has 4 aliphatic rings. The van der Waals surface area contributed by atoms with E-state index in [9.17, 15) is 4.79 Å². The molecule has 4 atom stereocenters. The fraction of sp³-hybridized carbons (Fsp3) is 0.250. The maximum absolute atomic E-state index is 13.3. The van der Waals surface area contributed by atoms with Gasteiger partial charge >= 0.3 is 0 Å². The SMILES string of the molecule is N#Cc1ccc(C[C@@H]2C[C@]34Nc5ccccc5[C@@]35C(=CC=C[C@@H]25)NC4=O)cc1. The lowest BCUT2D eigenvalue weighted by atomic mass is 9.63. The molecule has 0 radical (unpaired) electrons. The fourth-order valence-electron chi connectivity index (χ4n) is 6.22. The van der Waals surface area contributed by atoms with Crippen molar-refractivity contribution in [3.63, 3.8) is 0 Å². The summed E-state index contributed by atoms with van der Waals surface area (Å²) in [5.41, 5.74) is 4.29. The van der Waals surface area contributed by atoms with Crippen LogP contribution in [0.1, 0.15) is 23.1 Å². The van der Waals surface area contributed by atoms with Gasteiger partial charge in [-0.25, -0.2) is 0 Å². The number of carbonyl (C=O) groups is 1. The topological polar surface area (TPSA) is 64.9 Å². The van der Waals surface area contributed by atoms with E-state index in [2.05, 4.69) is 53.1 Å². The second kappa shape index (κ2) is 5.14. The first kappa shape index (κ1) is 15.7. The van der Waals surface area contributed by atoms with Crippen LogP contribution < -0.4 is 10.6 Å². The Bertz CT molecular complexity index is 1120. The third-order valence-electron chi connectivity index (χ3n) is 7.17. The van der Waals surface area contributed by atoms with Gasteiger partial charge < -0.3 is 10.6 Å². The lowest BCUT2D eigenvalue weighted by molar-refractivity contribution is -0.123. The van der Waals surface area contributed by atoms with Crippen LogP contribution in [0.5, 0.6) is 0 Å². The Labute approximate surface area is 163 Å². The molecule has 4 nitrogen and oxygen atoms in total. The molecule has 1 saturated heterocycles. The number of nitrogens with zero attached hydrogens (tertiary/aromatic N) is 1. The summed E-state index contributed by atoms with van der Waals surface area (Å²) in [5, 5.41) is 15.9. The summed E-state index contributed by atoms with van der Waals surface area (Å²) in [7, 11) is 0. The molecule has 4 heteroatoms. The number of benzene rings is 2. The van der Waals surface area contributed by atoms with Crippen molar-refractivity contribution in [3.05, 3.63) is 89.1 Å². The number of hydrogen-bond acceptors (Lipinski definition) is 3. The van der Waals surface area contributed by atoms with E-state index in [1.807, 2.05) is 30.3 Å². The number of nitriles is 1. The van der Waals surface area contributed by atoms with E-state index in [0.29, 0.717) is 11.5 Å². The summed E-state index contributed by atoms with van der Waals surface area (Å²) in [5.74, 6) is 0.684. The largest absolute Gasteiger partial charge is 0.370 e. The molecule has 136 valence electrons. The van der Waals surface area contributed by atoms with Crippen molar-refractivity contribution in [2.24, 2.45) is 11.8 Å². The van der Waals surface area contributed by atoms with Gasteiger partial charge in [-0.2, -0.15) is 5.26 Å². The van der Waals surface area contributed by atoms with Crippen molar-refractivity contribution in [2.45, 2.75) is 23.8 Å². The summed E-state index contributed by atoms with van der Waals surface area (Å²) < 4.78 is 0. The molecule has 0 aromatic heterocycles. The highest BCUT2D eigenvalue weighted by molar-refractivity contribution is 6.02. The van der Waals surface area contributed by atoms with Gasteiger partial charge in [0, 0.05) is 11.4 Å². The molecule has 0 bridgehead atoms. The van der Waals surface area contributed by atoms with Crippen LogP contribution in [-0.2, 0) is 16.6 Å². The molecule has 1 spiro atoms. The van der Waals surface area contributed by atoms with Crippen LogP contribution in [0.2, 0.25) is 0 Å². The van der Waals surface area contributed by atoms with E-state index in [-0.39, 0.29) is 17.2 Å². The monoisotopic (exact) mass is 365 g/mol. The molecule has 2 aliphatic carbocycles. The summed E-state index contributed by atoms with van der Waals surface area (Å²) in [6, 6.07) is 18.4. The van der Waals surface area contributed by atoms with Crippen molar-refractivity contribution in [1.82, 2.24) is 5.32 Å². The minimum Gasteiger partial charge on any atom is -0.370 e. The maximum atomic E-state index is 13.3. The highest BCUT2D eigenvalue weighted by Gasteiger charge is 2.76. The predicted octanol–water partition coefficient (Wildman–Crippen LogP) is 3.42. The van der Waals surface area contributed by atoms with Gasteiger partial charge in [0.2, 0.25) is 0 Å². The molecular formula is C24H19N3O. The van der Waals surface area contributed by atoms with Gasteiger partial charge in [-0.1, -0.05) is 42.5 Å². The summed E-state index contributed by atoms with van der Waals surface area (Å²) in [6.45, 7) is 0. The Balaban J connectivity index is 1.48. The Hall–Kier alpha value is -3.32. The number of nitrogens with one attached hydrogen (secondary N) is 2. The molecule has 1 saturated carbocycles. The van der Waals surface area contributed by atoms with E-state index in [1.54, 1.807) is 0 Å². The third kappa shape index (κ3) is 1.64. The Morgan fingerprint density at radius 3 is 2.79 bits per heavy atom. The lowest BCUT2D eigenvalue weighted by Gasteiger charge is -2.38. The molecule has 2 fully saturated rings. The summed E-state index contributed by atoms with van der Waals surface area (Å²) in [4.78, 5) is 13.3. The van der Waals surface area contributed by atoms with Gasteiger partial charge in [-0.15, -0.1) is 0 Å². The number of amides is 1. The molecule has 2 aromatic carbocycles. The molecule has 1 amide bonds. The van der Waals surface area contributed by atoms with Crippen molar-refractivity contribution in [2.75, 3.05) is 5.32 Å². The average Bonchev–Trinajstić information content (AvgIpc) is 3.26. The van der Waals surface area contributed by atoms with E-state index in [4.69, 9.17) is 5.26 Å². The van der Waals surface area contributed by atoms with Gasteiger partial charge in [0.05, 0.1) is 17.0 Å². The van der Waals surface area contributed by atoms with E-state index in [1.165, 1.54) is 11.1 Å². The highest BCUT2D eigenvalue weighted by Crippen LogP contribution is 2.68. The normalized spacial score (nSPS) is 33.2. The van der Waals surface area contributed by atoms with Crippen LogP contribution in [-0.4, -0.2) is 11.4 Å². The summed E-state index contributed by atoms with van der Waals surface area (Å²) >= 11 is 0. The number of hydrogen-bond donors (Lipinski definition) is 2. The van der Waals surface area contributed by atoms with Gasteiger partial charge in [0.1, 0.15) is 5.54 Å². The predicted molar refractivity (Wildman–Crippen MR) is 106 cm³/mol. The molecule has 6 rings (SSSR count). The second-order valence-electron chi connectivity index (χ2n) is 8.31. The minimum atomic E-state index is -0.616. The maximum Gasteiger partial charge on any atom is 0.251 e. The number of anilines is 1. The molecule has 2 aliphatic heterocycles. The fourth-order valence-corrected chi connectivity index (χ4v) is 6.22. The van der Waals surface area contributed by atoms with Crippen LogP contribution in [0.25, 0.3) is 0 Å². The average molecular weight is 365 g/mol. The molecule has 0 unspecified atom stereocenters. The highest BCUT2D eigenvalue weighted by atomic mass is 16.2. The van der Waals surface area contributed by atoms with Crippen molar-refractivity contribution in [1.29, 1.82) is 5.26 Å². The summed E-state index contributed by atoms with van der Waals surface area (Å²) in [6.07, 6.45) is 8.15. The van der Waals surface area contributed by atoms with Gasteiger partial charge in [-0.05, 0) is 60.1 Å². The second-order valence-corrected chi connectivity index (χ2v) is 8.31. The number of rotatable bonds is 2. The quantitative estimate of drug-likeness (QED) is 0.857. The number of para-hydroxylation sites is 1. The standard InChI is InChI=1S/C24H19N3O/c25-14-16-10-8-15(9-11-16)12-17-13-23-22(28)26-21-7-3-5-18(17)24(21,23)19-4-1-2-6-20(19)27-23/h1-11,17-18,27H,12-13H2,(H,26,28)/t17-,18+,23-,24+/m1/s1. The van der Waals surface area contributed by atoms with Gasteiger partial charge in [0.15, 0.2) is 0 Å². The number of fused-ring (bicyclic) bond motifs is 1. The first-order valence-corrected chi connectivity index (χ1v) is 9.76. The first-order valence-electron chi connectivity index (χ1n) is 9.76. The van der Waals surface area contributed by atoms with E-state index < -0.39 is 5.54 Å².